The molecule has 0 aliphatic heterocycles. The number of hydrogen-bond donors (Lipinski definition) is 1. The number of aryl methyl sites for hydroxylation is 4. The number of nitrogens with one attached hydrogen (secondary N) is 1. The third-order valence-electron chi connectivity index (χ3n) is 6.24. The Bertz CT molecular complexity index is 1490. The van der Waals surface area contributed by atoms with Gasteiger partial charge in [-0.2, -0.15) is 0 Å². The summed E-state index contributed by atoms with van der Waals surface area (Å²) in [5, 5.41) is 4.72. The van der Waals surface area contributed by atoms with Crippen LogP contribution in [0.1, 0.15) is 40.8 Å². The summed E-state index contributed by atoms with van der Waals surface area (Å²) in [6, 6.07) is 13.1. The fourth-order valence-corrected chi connectivity index (χ4v) is 6.92. The van der Waals surface area contributed by atoms with E-state index < -0.39 is 0 Å². The molecule has 1 aliphatic rings. The summed E-state index contributed by atoms with van der Waals surface area (Å²) in [7, 11) is 0. The van der Waals surface area contributed by atoms with Gasteiger partial charge in [0.1, 0.15) is 4.83 Å². The van der Waals surface area contributed by atoms with Gasteiger partial charge in [0.15, 0.2) is 5.16 Å². The molecule has 0 unspecified atom stereocenters. The molecule has 5 nitrogen and oxygen atoms in total. The molecule has 4 aromatic rings. The molecule has 1 amide bonds. The highest BCUT2D eigenvalue weighted by molar-refractivity contribution is 7.99. The van der Waals surface area contributed by atoms with Crippen LogP contribution in [0.5, 0.6) is 0 Å². The van der Waals surface area contributed by atoms with E-state index in [1.165, 1.54) is 28.6 Å². The zero-order valence-corrected chi connectivity index (χ0v) is 22.1. The van der Waals surface area contributed by atoms with E-state index in [4.69, 9.17) is 16.6 Å². The maximum absolute atomic E-state index is 14.0. The largest absolute Gasteiger partial charge is 0.325 e. The van der Waals surface area contributed by atoms with Crippen LogP contribution in [0, 0.1) is 13.8 Å². The van der Waals surface area contributed by atoms with Gasteiger partial charge in [-0.3, -0.25) is 14.2 Å². The minimum Gasteiger partial charge on any atom is -0.325 e. The van der Waals surface area contributed by atoms with Gasteiger partial charge in [-0.05, 0) is 74.9 Å². The van der Waals surface area contributed by atoms with Crippen molar-refractivity contribution < 1.29 is 4.79 Å². The molecule has 35 heavy (non-hydrogen) atoms. The molecule has 180 valence electrons. The van der Waals surface area contributed by atoms with Crippen molar-refractivity contribution >= 4 is 56.5 Å². The number of halogens is 1. The summed E-state index contributed by atoms with van der Waals surface area (Å²) in [6.45, 7) is 4.04. The molecule has 0 radical (unpaired) electrons. The highest BCUT2D eigenvalue weighted by Gasteiger charge is 2.23. The molecule has 0 spiro atoms. The number of benzene rings is 2. The standard InChI is InChI=1S/C27H26ClN3O2S2/c1-16-11-12-21(17(2)13-16)31-26(33)24-20-9-4-3-5-10-22(20)35-25(24)30-27(31)34-15-23(32)29-19-8-6-7-18(28)14-19/h6-8,11-14H,3-5,9-10,15H2,1-2H3,(H,29,32). The lowest BCUT2D eigenvalue weighted by molar-refractivity contribution is -0.113. The van der Waals surface area contributed by atoms with Gasteiger partial charge in [0.25, 0.3) is 5.56 Å². The Balaban J connectivity index is 1.56. The Kier molecular flexibility index (Phi) is 7.00. The first-order valence-corrected chi connectivity index (χ1v) is 13.9. The van der Waals surface area contributed by atoms with Crippen LogP contribution in [0.25, 0.3) is 15.9 Å². The van der Waals surface area contributed by atoms with Gasteiger partial charge in [-0.25, -0.2) is 4.98 Å². The minimum atomic E-state index is -0.180. The lowest BCUT2D eigenvalue weighted by Gasteiger charge is -2.15. The summed E-state index contributed by atoms with van der Waals surface area (Å²) in [5.41, 5.74) is 4.71. The third-order valence-corrected chi connectivity index (χ3v) is 8.60. The summed E-state index contributed by atoms with van der Waals surface area (Å²) >= 11 is 8.95. The van der Waals surface area contributed by atoms with Crippen molar-refractivity contribution in [1.82, 2.24) is 9.55 Å². The number of thiophene rings is 1. The molecule has 1 N–H and O–H groups in total. The van der Waals surface area contributed by atoms with E-state index in [0.717, 1.165) is 52.7 Å². The minimum absolute atomic E-state index is 0.0425. The van der Waals surface area contributed by atoms with E-state index in [2.05, 4.69) is 11.4 Å². The van der Waals surface area contributed by atoms with Crippen molar-refractivity contribution in [2.75, 3.05) is 11.1 Å². The molecule has 0 atom stereocenters. The Morgan fingerprint density at radius 3 is 2.77 bits per heavy atom. The van der Waals surface area contributed by atoms with E-state index in [0.29, 0.717) is 15.9 Å². The smallest absolute Gasteiger partial charge is 0.267 e. The van der Waals surface area contributed by atoms with E-state index in [-0.39, 0.29) is 17.2 Å². The van der Waals surface area contributed by atoms with Crippen molar-refractivity contribution in [2.45, 2.75) is 51.1 Å². The highest BCUT2D eigenvalue weighted by Crippen LogP contribution is 2.35. The lowest BCUT2D eigenvalue weighted by Crippen LogP contribution is -2.23. The predicted octanol–water partition coefficient (Wildman–Crippen LogP) is 6.72. The van der Waals surface area contributed by atoms with Crippen molar-refractivity contribution in [3.05, 3.63) is 79.4 Å². The summed E-state index contributed by atoms with van der Waals surface area (Å²) in [4.78, 5) is 33.7. The normalized spacial score (nSPS) is 13.5. The average molecular weight is 524 g/mol. The van der Waals surface area contributed by atoms with Gasteiger partial charge in [0.2, 0.25) is 5.91 Å². The third kappa shape index (κ3) is 5.03. The molecule has 2 aromatic carbocycles. The number of aromatic nitrogens is 2. The summed E-state index contributed by atoms with van der Waals surface area (Å²) in [5.74, 6) is -0.0544. The first kappa shape index (κ1) is 24.1. The van der Waals surface area contributed by atoms with E-state index >= 15 is 0 Å². The molecule has 2 aromatic heterocycles. The topological polar surface area (TPSA) is 64.0 Å². The Labute approximate surface area is 217 Å². The maximum Gasteiger partial charge on any atom is 0.267 e. The van der Waals surface area contributed by atoms with Gasteiger partial charge in [0, 0.05) is 15.6 Å². The van der Waals surface area contributed by atoms with Crippen LogP contribution in [0.15, 0.2) is 52.4 Å². The van der Waals surface area contributed by atoms with Crippen molar-refractivity contribution in [3.8, 4) is 5.69 Å². The molecule has 5 rings (SSSR count). The molecule has 2 heterocycles. The van der Waals surface area contributed by atoms with Crippen LogP contribution in [-0.4, -0.2) is 21.2 Å². The SMILES string of the molecule is Cc1ccc(-n2c(SCC(=O)Nc3cccc(Cl)c3)nc3sc4c(c3c2=O)CCCCC4)c(C)c1. The van der Waals surface area contributed by atoms with Gasteiger partial charge >= 0.3 is 0 Å². The highest BCUT2D eigenvalue weighted by atomic mass is 35.5. The quantitative estimate of drug-likeness (QED) is 0.179. The first-order valence-electron chi connectivity index (χ1n) is 11.7. The number of anilines is 1. The maximum atomic E-state index is 14.0. The molecule has 0 fully saturated rings. The van der Waals surface area contributed by atoms with Gasteiger partial charge < -0.3 is 5.32 Å². The van der Waals surface area contributed by atoms with Crippen molar-refractivity contribution in [1.29, 1.82) is 0 Å². The van der Waals surface area contributed by atoms with E-state index in [1.54, 1.807) is 40.2 Å². The second-order valence-corrected chi connectivity index (χ2v) is 11.4. The van der Waals surface area contributed by atoms with Crippen LogP contribution in [-0.2, 0) is 17.6 Å². The van der Waals surface area contributed by atoms with Crippen LogP contribution >= 0.6 is 34.7 Å². The van der Waals surface area contributed by atoms with Crippen LogP contribution in [0.4, 0.5) is 5.69 Å². The number of hydrogen-bond acceptors (Lipinski definition) is 5. The summed E-state index contributed by atoms with van der Waals surface area (Å²) < 4.78 is 1.70. The van der Waals surface area contributed by atoms with Crippen molar-refractivity contribution in [2.24, 2.45) is 0 Å². The molecule has 8 heteroatoms. The van der Waals surface area contributed by atoms with Crippen LogP contribution in [0.3, 0.4) is 0 Å². The number of carbonyl (C=O) groups is 1. The second-order valence-electron chi connectivity index (χ2n) is 8.92. The Morgan fingerprint density at radius 1 is 1.14 bits per heavy atom. The molecular weight excluding hydrogens is 498 g/mol. The number of amides is 1. The van der Waals surface area contributed by atoms with Crippen LogP contribution < -0.4 is 10.9 Å². The van der Waals surface area contributed by atoms with Gasteiger partial charge in [-0.15, -0.1) is 11.3 Å². The fraction of sp³-hybridized carbons (Fsp3) is 0.296. The Morgan fingerprint density at radius 2 is 1.97 bits per heavy atom. The zero-order valence-electron chi connectivity index (χ0n) is 19.7. The summed E-state index contributed by atoms with van der Waals surface area (Å²) in [6.07, 6.45) is 5.37. The molecule has 1 aliphatic carbocycles. The van der Waals surface area contributed by atoms with E-state index in [9.17, 15) is 9.59 Å². The lowest BCUT2D eigenvalue weighted by atomic mass is 10.1. The number of carbonyl (C=O) groups excluding carboxylic acids is 1. The number of rotatable bonds is 5. The zero-order chi connectivity index (χ0) is 24.5. The van der Waals surface area contributed by atoms with Gasteiger partial charge in [0.05, 0.1) is 16.8 Å². The van der Waals surface area contributed by atoms with Crippen molar-refractivity contribution in [3.63, 3.8) is 0 Å². The molecule has 0 saturated carbocycles. The molecule has 0 bridgehead atoms. The number of fused-ring (bicyclic) bond motifs is 3. The monoisotopic (exact) mass is 523 g/mol. The molecule has 0 saturated heterocycles. The van der Waals surface area contributed by atoms with Crippen LogP contribution in [0.2, 0.25) is 5.02 Å². The van der Waals surface area contributed by atoms with Gasteiger partial charge in [-0.1, -0.05) is 53.5 Å². The predicted molar refractivity (Wildman–Crippen MR) is 147 cm³/mol. The molecular formula is C27H26ClN3O2S2. The number of nitrogens with zero attached hydrogens (tertiary/aromatic N) is 2. The Hall–Kier alpha value is -2.61. The first-order chi connectivity index (χ1) is 16.9. The second kappa shape index (κ2) is 10.2. The number of thioether (sulfide) groups is 1. The average Bonchev–Trinajstić information content (AvgIpc) is 3.00. The van der Waals surface area contributed by atoms with E-state index in [1.807, 2.05) is 26.0 Å². The fourth-order valence-electron chi connectivity index (χ4n) is 4.62.